The molecule has 0 aliphatic heterocycles. The molecule has 0 radical (unpaired) electrons. The molecule has 0 fully saturated rings. The molecule has 2 heterocycles. The normalized spacial score (nSPS) is 12.1. The van der Waals surface area contributed by atoms with Crippen LogP contribution < -0.4 is 33.8 Å². The van der Waals surface area contributed by atoms with Gasteiger partial charge < -0.3 is 20.5 Å². The molecule has 0 spiro atoms. The van der Waals surface area contributed by atoms with Crippen LogP contribution in [0.4, 0.5) is 17.6 Å². The molecule has 60 heavy (non-hydrogen) atoms. The Balaban J connectivity index is 1.45. The molecular weight excluding hydrogens is 815 g/mol. The zero-order chi connectivity index (χ0) is 43.7. The number of benzene rings is 2. The molecule has 1 unspecified atom stereocenters. The van der Waals surface area contributed by atoms with Crippen LogP contribution in [-0.4, -0.2) is 53.9 Å². The van der Waals surface area contributed by atoms with Crippen molar-refractivity contribution in [3.8, 4) is 0 Å². The van der Waals surface area contributed by atoms with Crippen molar-refractivity contribution in [1.82, 2.24) is 28.2 Å². The summed E-state index contributed by atoms with van der Waals surface area (Å²) in [7, 11) is 1.23. The highest BCUT2D eigenvalue weighted by atomic mass is 35.5. The minimum absolute atomic E-state index is 0.0126. The Kier molecular flexibility index (Phi) is 15.1. The lowest BCUT2D eigenvalue weighted by atomic mass is 9.94. The van der Waals surface area contributed by atoms with Gasteiger partial charge in [0.2, 0.25) is 11.9 Å². The van der Waals surface area contributed by atoms with Crippen molar-refractivity contribution in [2.75, 3.05) is 24.8 Å². The number of nitrogens with one attached hydrogen (secondary N) is 1. The van der Waals surface area contributed by atoms with Crippen LogP contribution in [0, 0.1) is 24.0 Å². The number of carbonyl (C=O) groups excluding carboxylic acids is 2. The molecular formula is C42H46Cl2N8O8. The highest BCUT2D eigenvalue weighted by Gasteiger charge is 2.31. The number of halogens is 2. The van der Waals surface area contributed by atoms with E-state index in [9.17, 15) is 28.8 Å². The number of aromatic nitrogens is 6. The first-order valence-corrected chi connectivity index (χ1v) is 20.0. The summed E-state index contributed by atoms with van der Waals surface area (Å²) in [6.45, 7) is 7.23. The number of anilines is 3. The van der Waals surface area contributed by atoms with Crippen molar-refractivity contribution >= 4 is 52.7 Å². The maximum atomic E-state index is 14.5. The van der Waals surface area contributed by atoms with Crippen LogP contribution in [0.2, 0.25) is 10.0 Å². The van der Waals surface area contributed by atoms with E-state index in [-0.39, 0.29) is 51.0 Å². The van der Waals surface area contributed by atoms with Gasteiger partial charge in [0.15, 0.2) is 0 Å². The number of ether oxygens (including phenoxy) is 2. The Morgan fingerprint density at radius 3 is 2.10 bits per heavy atom. The largest absolute Gasteiger partial charge is 0.469 e. The van der Waals surface area contributed by atoms with Crippen molar-refractivity contribution in [2.45, 2.75) is 79.1 Å². The number of rotatable bonds is 18. The number of nitrogens with zero attached hydrogens (tertiary/aromatic N) is 6. The predicted octanol–water partition coefficient (Wildman–Crippen LogP) is 4.59. The Bertz CT molecular complexity index is 2570. The number of methoxy groups -OCH3 is 1. The number of aryl methyl sites for hydroxylation is 1. The van der Waals surface area contributed by atoms with Crippen LogP contribution in [-0.2, 0) is 51.5 Å². The van der Waals surface area contributed by atoms with Crippen LogP contribution in [0.1, 0.15) is 68.8 Å². The zero-order valence-electron chi connectivity index (χ0n) is 33.9. The molecule has 0 bridgehead atoms. The summed E-state index contributed by atoms with van der Waals surface area (Å²) in [5.41, 5.74) is 5.95. The minimum atomic E-state index is -0.986. The van der Waals surface area contributed by atoms with Crippen molar-refractivity contribution < 1.29 is 19.1 Å². The predicted molar refractivity (Wildman–Crippen MR) is 227 cm³/mol. The van der Waals surface area contributed by atoms with Crippen LogP contribution in [0.15, 0.2) is 73.8 Å². The zero-order valence-corrected chi connectivity index (χ0v) is 35.4. The van der Waals surface area contributed by atoms with E-state index in [1.165, 1.54) is 11.7 Å². The molecule has 18 heteroatoms. The first-order valence-electron chi connectivity index (χ1n) is 19.3. The van der Waals surface area contributed by atoms with E-state index in [1.807, 2.05) is 0 Å². The molecule has 16 nitrogen and oxygen atoms in total. The van der Waals surface area contributed by atoms with Gasteiger partial charge in [-0.1, -0.05) is 79.5 Å². The van der Waals surface area contributed by atoms with E-state index >= 15 is 0 Å². The van der Waals surface area contributed by atoms with Crippen molar-refractivity contribution in [3.63, 3.8) is 0 Å². The first-order chi connectivity index (χ1) is 28.6. The van der Waals surface area contributed by atoms with Crippen LogP contribution in [0.3, 0.4) is 0 Å². The van der Waals surface area contributed by atoms with E-state index in [0.717, 1.165) is 24.8 Å². The third-order valence-corrected chi connectivity index (χ3v) is 10.3. The number of carbonyl (C=O) groups is 2. The average Bonchev–Trinajstić information content (AvgIpc) is 3.20. The van der Waals surface area contributed by atoms with Gasteiger partial charge >= 0.3 is 34.7 Å². The van der Waals surface area contributed by atoms with Gasteiger partial charge in [-0.15, -0.1) is 0 Å². The summed E-state index contributed by atoms with van der Waals surface area (Å²) >= 11 is 12.7. The van der Waals surface area contributed by atoms with E-state index in [0.29, 0.717) is 45.6 Å². The summed E-state index contributed by atoms with van der Waals surface area (Å²) in [6, 6.07) is 20.6. The van der Waals surface area contributed by atoms with E-state index in [2.05, 4.69) is 41.3 Å². The Labute approximate surface area is 355 Å². The quantitative estimate of drug-likeness (QED) is 0.116. The van der Waals surface area contributed by atoms with Gasteiger partial charge in [0.05, 0.1) is 55.9 Å². The van der Waals surface area contributed by atoms with Gasteiger partial charge in [0.1, 0.15) is 0 Å². The van der Waals surface area contributed by atoms with Gasteiger partial charge in [-0.2, -0.15) is 9.97 Å². The Morgan fingerprint density at radius 2 is 1.48 bits per heavy atom. The molecule has 0 saturated carbocycles. The molecule has 0 aliphatic carbocycles. The van der Waals surface area contributed by atoms with Gasteiger partial charge in [-0.3, -0.25) is 18.7 Å². The highest BCUT2D eigenvalue weighted by molar-refractivity contribution is 6.31. The Morgan fingerprint density at radius 1 is 0.850 bits per heavy atom. The minimum Gasteiger partial charge on any atom is -0.469 e. The molecule has 316 valence electrons. The van der Waals surface area contributed by atoms with E-state index < -0.39 is 46.7 Å². The number of hydrogen-bond donors (Lipinski definition) is 2. The van der Waals surface area contributed by atoms with Crippen LogP contribution >= 0.6 is 23.2 Å². The molecule has 3 N–H and O–H groups in total. The van der Waals surface area contributed by atoms with Crippen LogP contribution in [0.25, 0.3) is 0 Å². The molecule has 5 aromatic rings. The van der Waals surface area contributed by atoms with Gasteiger partial charge in [-0.05, 0) is 80.0 Å². The number of esters is 2. The lowest BCUT2D eigenvalue weighted by Crippen LogP contribution is -2.47. The standard InChI is InChI=1S/C42H46Cl2N8O8/c1-6-60-35(53)19-20-49-39(55)47-37(45)50(41(49)57)23-28-9-7-27(8-10-28)13-18-34(26(4)36(54)59-5)52-40(56)48-38(46-32-17-14-30(21-25(2)3)33(44)22-32)51(42(52)58)24-29-11-15-31(43)16-12-29/h7-12,15-16,22,25-26,34H,6,13,18-21,23-24H2,1-5H3,(H2,45,47,55)(H,46,48,56)/t26?,34-/m1/s1. The third-order valence-electron chi connectivity index (χ3n) is 9.72. The van der Waals surface area contributed by atoms with Crippen molar-refractivity contribution in [3.05, 3.63) is 141 Å². The Hall–Kier alpha value is -6.18. The third kappa shape index (κ3) is 11.1. The number of hydrogen-bond acceptors (Lipinski definition) is 12. The summed E-state index contributed by atoms with van der Waals surface area (Å²) in [4.78, 5) is 87.1. The van der Waals surface area contributed by atoms with Crippen LogP contribution in [0.5, 0.6) is 0 Å². The second-order valence-electron chi connectivity index (χ2n) is 14.5. The fourth-order valence-corrected chi connectivity index (χ4v) is 6.93. The maximum absolute atomic E-state index is 14.5. The lowest BCUT2D eigenvalue weighted by Gasteiger charge is -2.25. The van der Waals surface area contributed by atoms with Gasteiger partial charge in [0, 0.05) is 17.1 Å². The van der Waals surface area contributed by atoms with Gasteiger partial charge in [0.25, 0.3) is 0 Å². The first kappa shape index (κ1) is 44.9. The highest BCUT2D eigenvalue weighted by Crippen LogP contribution is 2.25. The summed E-state index contributed by atoms with van der Waals surface area (Å²) in [6.07, 6.45) is 0.946. The number of nitrogens with two attached hydrogens (primary N) is 1. The van der Waals surface area contributed by atoms with Crippen molar-refractivity contribution in [1.29, 1.82) is 0 Å². The number of nitrogen functional groups attached to an aromatic ring is 1. The fourth-order valence-electron chi connectivity index (χ4n) is 6.57. The smallest absolute Gasteiger partial charge is 0.355 e. The summed E-state index contributed by atoms with van der Waals surface area (Å²) in [5.74, 6) is -2.17. The average molecular weight is 862 g/mol. The molecule has 0 amide bonds. The lowest BCUT2D eigenvalue weighted by molar-refractivity contribution is -0.146. The molecule has 2 aromatic heterocycles. The fraction of sp³-hybridized carbons (Fsp3) is 0.381. The summed E-state index contributed by atoms with van der Waals surface area (Å²) < 4.78 is 14.2. The molecule has 3 aromatic carbocycles. The van der Waals surface area contributed by atoms with E-state index in [4.69, 9.17) is 38.4 Å². The maximum Gasteiger partial charge on any atom is 0.355 e. The summed E-state index contributed by atoms with van der Waals surface area (Å²) in [5, 5.41) is 3.96. The van der Waals surface area contributed by atoms with E-state index in [1.54, 1.807) is 68.4 Å². The van der Waals surface area contributed by atoms with Gasteiger partial charge in [-0.25, -0.2) is 28.3 Å². The second-order valence-corrected chi connectivity index (χ2v) is 15.3. The molecule has 0 saturated heterocycles. The SMILES string of the molecule is CCOC(=O)CCn1c(=O)nc(N)n(Cc2ccc(CC[C@H](C(C)C(=O)OC)n3c(=O)nc(Nc4c#cc(CC(C)C)c(Cl)c4)n(Cc4ccc(Cl)cc4)c3=O)cc2)c1=O. The molecule has 5 rings (SSSR count). The molecule has 2 atom stereocenters. The van der Waals surface area contributed by atoms with Crippen molar-refractivity contribution in [2.24, 2.45) is 11.8 Å². The molecule has 0 aliphatic rings. The topological polar surface area (TPSA) is 204 Å². The second kappa shape index (κ2) is 20.2. The monoisotopic (exact) mass is 860 g/mol.